The van der Waals surface area contributed by atoms with Crippen LogP contribution in [0, 0.1) is 5.82 Å². The van der Waals surface area contributed by atoms with Gasteiger partial charge in [-0.25, -0.2) is 18.2 Å². The second kappa shape index (κ2) is 2.76. The van der Waals surface area contributed by atoms with Gasteiger partial charge >= 0.3 is 0 Å². The molecule has 0 aliphatic heterocycles. The number of halogens is 3. The summed E-state index contributed by atoms with van der Waals surface area (Å²) in [5.41, 5.74) is -0.231. The van der Waals surface area contributed by atoms with Crippen molar-refractivity contribution in [3.8, 4) is 0 Å². The van der Waals surface area contributed by atoms with Gasteiger partial charge in [-0.3, -0.25) is 0 Å². The van der Waals surface area contributed by atoms with Gasteiger partial charge in [-0.15, -0.1) is 0 Å². The fourth-order valence-corrected chi connectivity index (χ4v) is 1.21. The molecule has 0 saturated carbocycles. The third kappa shape index (κ3) is 1.16. The lowest BCUT2D eigenvalue weighted by Gasteiger charge is -2.01. The van der Waals surface area contributed by atoms with Crippen LogP contribution in [-0.2, 0) is 0 Å². The van der Waals surface area contributed by atoms with E-state index in [2.05, 4.69) is 9.97 Å². The zero-order chi connectivity index (χ0) is 9.42. The lowest BCUT2D eigenvalue weighted by molar-refractivity contribution is 0.148. The molecule has 0 saturated heterocycles. The summed E-state index contributed by atoms with van der Waals surface area (Å²) in [6.45, 7) is 0. The monoisotopic (exact) mass is 186 g/mol. The van der Waals surface area contributed by atoms with Gasteiger partial charge in [-0.2, -0.15) is 0 Å². The summed E-state index contributed by atoms with van der Waals surface area (Å²) in [6.07, 6.45) is -1.58. The van der Waals surface area contributed by atoms with E-state index in [1.54, 1.807) is 0 Å². The van der Waals surface area contributed by atoms with Crippen LogP contribution in [0.3, 0.4) is 0 Å². The molecule has 1 aromatic carbocycles. The number of H-pyrrole nitrogens is 1. The number of rotatable bonds is 1. The maximum atomic E-state index is 12.9. The van der Waals surface area contributed by atoms with Crippen molar-refractivity contribution in [1.82, 2.24) is 9.97 Å². The molecule has 1 aromatic heterocycles. The first-order chi connectivity index (χ1) is 6.20. The van der Waals surface area contributed by atoms with Crippen molar-refractivity contribution >= 4 is 11.0 Å². The Bertz CT molecular complexity index is 436. The molecular formula is C8H5F3N2. The van der Waals surface area contributed by atoms with E-state index in [0.717, 1.165) is 6.07 Å². The first kappa shape index (κ1) is 8.10. The molecule has 0 bridgehead atoms. The quantitative estimate of drug-likeness (QED) is 0.728. The molecule has 2 rings (SSSR count). The van der Waals surface area contributed by atoms with E-state index in [1.165, 1.54) is 12.4 Å². The number of fused-ring (bicyclic) bond motifs is 1. The number of hydrogen-bond acceptors (Lipinski definition) is 1. The highest BCUT2D eigenvalue weighted by Crippen LogP contribution is 2.27. The summed E-state index contributed by atoms with van der Waals surface area (Å²) in [4.78, 5) is 6.26. The third-order valence-corrected chi connectivity index (χ3v) is 1.80. The first-order valence-electron chi connectivity index (χ1n) is 3.60. The minimum absolute atomic E-state index is 0.00463. The van der Waals surface area contributed by atoms with E-state index < -0.39 is 17.8 Å². The number of alkyl halides is 2. The SMILES string of the molecule is Fc1ccc2[nH]cnc2c1C(F)F. The van der Waals surface area contributed by atoms with Crippen LogP contribution in [0.15, 0.2) is 18.5 Å². The smallest absolute Gasteiger partial charge is 0.268 e. The normalized spacial score (nSPS) is 11.4. The Hall–Kier alpha value is -1.52. The minimum Gasteiger partial charge on any atom is -0.345 e. The molecule has 0 atom stereocenters. The number of imidazole rings is 1. The zero-order valence-electron chi connectivity index (χ0n) is 6.39. The van der Waals surface area contributed by atoms with Gasteiger partial charge in [0.2, 0.25) is 0 Å². The van der Waals surface area contributed by atoms with Crippen LogP contribution in [0.4, 0.5) is 13.2 Å². The predicted molar refractivity (Wildman–Crippen MR) is 41.0 cm³/mol. The van der Waals surface area contributed by atoms with Crippen molar-refractivity contribution in [2.45, 2.75) is 6.43 Å². The van der Waals surface area contributed by atoms with Gasteiger partial charge in [0.15, 0.2) is 0 Å². The second-order valence-corrected chi connectivity index (χ2v) is 2.56. The summed E-state index contributed by atoms with van der Waals surface area (Å²) in [7, 11) is 0. The standard InChI is InChI=1S/C8H5F3N2/c9-4-1-2-5-7(13-3-12-5)6(4)8(10)11/h1-3,8H,(H,12,13). The van der Waals surface area contributed by atoms with Crippen molar-refractivity contribution in [3.05, 3.63) is 29.8 Å². The van der Waals surface area contributed by atoms with Crippen LogP contribution in [0.25, 0.3) is 11.0 Å². The van der Waals surface area contributed by atoms with Crippen LogP contribution in [0.2, 0.25) is 0 Å². The third-order valence-electron chi connectivity index (χ3n) is 1.80. The molecule has 1 N–H and O–H groups in total. The van der Waals surface area contributed by atoms with Crippen molar-refractivity contribution < 1.29 is 13.2 Å². The Labute approximate surface area is 71.4 Å². The highest BCUT2D eigenvalue weighted by molar-refractivity contribution is 5.78. The molecule has 0 radical (unpaired) electrons. The average Bonchev–Trinajstić information content (AvgIpc) is 2.50. The largest absolute Gasteiger partial charge is 0.345 e. The Morgan fingerprint density at radius 1 is 1.31 bits per heavy atom. The zero-order valence-corrected chi connectivity index (χ0v) is 6.39. The van der Waals surface area contributed by atoms with Crippen LogP contribution in [0.1, 0.15) is 12.0 Å². The first-order valence-corrected chi connectivity index (χ1v) is 3.60. The van der Waals surface area contributed by atoms with Gasteiger partial charge in [0.05, 0.1) is 17.4 Å². The molecule has 5 heteroatoms. The summed E-state index contributed by atoms with van der Waals surface area (Å²) >= 11 is 0. The van der Waals surface area contributed by atoms with Crippen molar-refractivity contribution in [1.29, 1.82) is 0 Å². The van der Waals surface area contributed by atoms with E-state index in [9.17, 15) is 13.2 Å². The van der Waals surface area contributed by atoms with E-state index >= 15 is 0 Å². The number of nitrogens with zero attached hydrogens (tertiary/aromatic N) is 1. The fourth-order valence-electron chi connectivity index (χ4n) is 1.21. The number of aromatic nitrogens is 2. The number of aromatic amines is 1. The lowest BCUT2D eigenvalue weighted by Crippen LogP contribution is -1.92. The van der Waals surface area contributed by atoms with Gasteiger partial charge < -0.3 is 4.98 Å². The van der Waals surface area contributed by atoms with E-state index in [4.69, 9.17) is 0 Å². The number of nitrogens with one attached hydrogen (secondary N) is 1. The lowest BCUT2D eigenvalue weighted by atomic mass is 10.2. The van der Waals surface area contributed by atoms with E-state index in [0.29, 0.717) is 5.52 Å². The molecule has 13 heavy (non-hydrogen) atoms. The van der Waals surface area contributed by atoms with Gasteiger partial charge in [-0.1, -0.05) is 0 Å². The summed E-state index contributed by atoms with van der Waals surface area (Å²) < 4.78 is 37.6. The van der Waals surface area contributed by atoms with Gasteiger partial charge in [0, 0.05) is 0 Å². The van der Waals surface area contributed by atoms with Gasteiger partial charge in [0.1, 0.15) is 11.3 Å². The highest BCUT2D eigenvalue weighted by Gasteiger charge is 2.18. The second-order valence-electron chi connectivity index (χ2n) is 2.56. The Balaban J connectivity index is 2.80. The molecule has 0 aliphatic carbocycles. The molecule has 0 aliphatic rings. The molecule has 1 heterocycles. The molecule has 0 fully saturated rings. The Morgan fingerprint density at radius 3 is 2.77 bits per heavy atom. The highest BCUT2D eigenvalue weighted by atomic mass is 19.3. The van der Waals surface area contributed by atoms with Crippen LogP contribution >= 0.6 is 0 Å². The van der Waals surface area contributed by atoms with Crippen molar-refractivity contribution in [2.24, 2.45) is 0 Å². The van der Waals surface area contributed by atoms with Crippen LogP contribution < -0.4 is 0 Å². The number of hydrogen-bond donors (Lipinski definition) is 1. The van der Waals surface area contributed by atoms with E-state index in [-0.39, 0.29) is 5.52 Å². The molecule has 68 valence electrons. The maximum absolute atomic E-state index is 12.9. The fraction of sp³-hybridized carbons (Fsp3) is 0.125. The molecule has 2 aromatic rings. The van der Waals surface area contributed by atoms with Crippen LogP contribution in [-0.4, -0.2) is 9.97 Å². The maximum Gasteiger partial charge on any atom is 0.268 e. The van der Waals surface area contributed by atoms with E-state index in [1.807, 2.05) is 0 Å². The Morgan fingerprint density at radius 2 is 2.08 bits per heavy atom. The molecular weight excluding hydrogens is 181 g/mol. The van der Waals surface area contributed by atoms with Crippen LogP contribution in [0.5, 0.6) is 0 Å². The van der Waals surface area contributed by atoms with Gasteiger partial charge in [0.25, 0.3) is 6.43 Å². The molecule has 0 unspecified atom stereocenters. The summed E-state index contributed by atoms with van der Waals surface area (Å²) in [6, 6.07) is 2.38. The van der Waals surface area contributed by atoms with Gasteiger partial charge in [-0.05, 0) is 12.1 Å². The topological polar surface area (TPSA) is 28.7 Å². The molecule has 0 amide bonds. The average molecular weight is 186 g/mol. The molecule has 2 nitrogen and oxygen atoms in total. The minimum atomic E-state index is -2.84. The predicted octanol–water partition coefficient (Wildman–Crippen LogP) is 2.64. The molecule has 0 spiro atoms. The summed E-state index contributed by atoms with van der Waals surface area (Å²) in [5.74, 6) is -0.922. The summed E-state index contributed by atoms with van der Waals surface area (Å²) in [5, 5.41) is 0. The van der Waals surface area contributed by atoms with Crippen molar-refractivity contribution in [3.63, 3.8) is 0 Å². The van der Waals surface area contributed by atoms with Crippen molar-refractivity contribution in [2.75, 3.05) is 0 Å². The Kier molecular flexibility index (Phi) is 1.72. The number of benzene rings is 1.